The fraction of sp³-hybridized carbons (Fsp3) is 0.421. The molecule has 3 aromatic rings. The predicted octanol–water partition coefficient (Wildman–Crippen LogP) is 1.41. The smallest absolute Gasteiger partial charge is 0.359 e. The van der Waals surface area contributed by atoms with E-state index in [0.717, 1.165) is 22.3 Å². The molecule has 0 fully saturated rings. The number of amides is 1. The molecule has 9 nitrogen and oxygen atoms in total. The van der Waals surface area contributed by atoms with Crippen LogP contribution in [0.4, 0.5) is 0 Å². The van der Waals surface area contributed by atoms with Crippen LogP contribution in [0.15, 0.2) is 24.3 Å². The zero-order chi connectivity index (χ0) is 19.7. The quantitative estimate of drug-likeness (QED) is 0.619. The number of aryl methyl sites for hydroxylation is 1. The highest BCUT2D eigenvalue weighted by Gasteiger charge is 2.30. The molecule has 0 saturated carbocycles. The molecule has 1 aliphatic rings. The van der Waals surface area contributed by atoms with Gasteiger partial charge in [0.05, 0.1) is 6.61 Å². The van der Waals surface area contributed by atoms with Gasteiger partial charge >= 0.3 is 5.97 Å². The molecule has 0 radical (unpaired) electrons. The SMILES string of the molecule is CCOC(=O)c1nn(CC)c2c1CN(C(=O)Cn1nc3ccccc3n1)CC2. The Morgan fingerprint density at radius 3 is 2.46 bits per heavy atom. The van der Waals surface area contributed by atoms with Gasteiger partial charge in [-0.05, 0) is 26.0 Å². The van der Waals surface area contributed by atoms with Crippen molar-refractivity contribution in [2.24, 2.45) is 0 Å². The first kappa shape index (κ1) is 18.1. The zero-order valence-electron chi connectivity index (χ0n) is 16.0. The summed E-state index contributed by atoms with van der Waals surface area (Å²) in [6.45, 7) is 5.66. The number of ether oxygens (including phenoxy) is 1. The Morgan fingerprint density at radius 2 is 1.82 bits per heavy atom. The molecule has 0 saturated heterocycles. The topological polar surface area (TPSA) is 95.1 Å². The minimum atomic E-state index is -0.444. The lowest BCUT2D eigenvalue weighted by atomic mass is 10.0. The Morgan fingerprint density at radius 1 is 1.11 bits per heavy atom. The first-order valence-electron chi connectivity index (χ1n) is 9.44. The molecular weight excluding hydrogens is 360 g/mol. The van der Waals surface area contributed by atoms with Gasteiger partial charge in [-0.25, -0.2) is 4.79 Å². The van der Waals surface area contributed by atoms with E-state index in [1.807, 2.05) is 35.9 Å². The third-order valence-electron chi connectivity index (χ3n) is 4.86. The van der Waals surface area contributed by atoms with E-state index in [9.17, 15) is 9.59 Å². The molecule has 3 heterocycles. The molecule has 9 heteroatoms. The highest BCUT2D eigenvalue weighted by Crippen LogP contribution is 2.24. The van der Waals surface area contributed by atoms with Gasteiger partial charge in [-0.1, -0.05) is 12.1 Å². The predicted molar refractivity (Wildman–Crippen MR) is 101 cm³/mol. The van der Waals surface area contributed by atoms with Crippen molar-refractivity contribution in [3.63, 3.8) is 0 Å². The summed E-state index contributed by atoms with van der Waals surface area (Å²) < 4.78 is 6.96. The molecule has 1 amide bonds. The average Bonchev–Trinajstić information content (AvgIpc) is 3.28. The molecule has 4 rings (SSSR count). The molecule has 0 spiro atoms. The second kappa shape index (κ2) is 7.41. The van der Waals surface area contributed by atoms with Crippen LogP contribution < -0.4 is 0 Å². The van der Waals surface area contributed by atoms with Gasteiger partial charge < -0.3 is 9.64 Å². The lowest BCUT2D eigenvalue weighted by Gasteiger charge is -2.27. The molecule has 0 atom stereocenters. The normalized spacial score (nSPS) is 13.6. The molecular formula is C19H22N6O3. The van der Waals surface area contributed by atoms with Crippen LogP contribution in [0.25, 0.3) is 11.0 Å². The van der Waals surface area contributed by atoms with Crippen LogP contribution in [0.2, 0.25) is 0 Å². The van der Waals surface area contributed by atoms with E-state index >= 15 is 0 Å². The number of carbonyl (C=O) groups is 2. The number of rotatable bonds is 5. The minimum absolute atomic E-state index is 0.0562. The number of carbonyl (C=O) groups excluding carboxylic acids is 2. The van der Waals surface area contributed by atoms with E-state index in [2.05, 4.69) is 15.3 Å². The summed E-state index contributed by atoms with van der Waals surface area (Å²) in [4.78, 5) is 28.3. The molecule has 28 heavy (non-hydrogen) atoms. The first-order chi connectivity index (χ1) is 13.6. The summed E-state index contributed by atoms with van der Waals surface area (Å²) in [5, 5.41) is 13.1. The molecule has 0 N–H and O–H groups in total. The van der Waals surface area contributed by atoms with Gasteiger partial charge in [-0.3, -0.25) is 9.48 Å². The molecule has 1 aromatic carbocycles. The van der Waals surface area contributed by atoms with Gasteiger partial charge in [0.15, 0.2) is 5.69 Å². The Hall–Kier alpha value is -3.23. The van der Waals surface area contributed by atoms with Crippen LogP contribution >= 0.6 is 0 Å². The molecule has 0 aliphatic carbocycles. The number of esters is 1. The maximum absolute atomic E-state index is 12.8. The van der Waals surface area contributed by atoms with Crippen LogP contribution in [0.1, 0.15) is 35.6 Å². The number of hydrogen-bond acceptors (Lipinski definition) is 6. The molecule has 0 unspecified atom stereocenters. The summed E-state index contributed by atoms with van der Waals surface area (Å²) in [5.41, 5.74) is 3.59. The van der Waals surface area contributed by atoms with E-state index in [4.69, 9.17) is 4.74 Å². The van der Waals surface area contributed by atoms with Gasteiger partial charge in [0.1, 0.15) is 17.6 Å². The van der Waals surface area contributed by atoms with E-state index in [1.54, 1.807) is 11.8 Å². The number of benzene rings is 1. The van der Waals surface area contributed by atoms with E-state index < -0.39 is 5.97 Å². The monoisotopic (exact) mass is 382 g/mol. The van der Waals surface area contributed by atoms with Crippen molar-refractivity contribution in [2.75, 3.05) is 13.2 Å². The summed E-state index contributed by atoms with van der Waals surface area (Å²) in [6.07, 6.45) is 0.649. The summed E-state index contributed by atoms with van der Waals surface area (Å²) in [5.74, 6) is -0.537. The van der Waals surface area contributed by atoms with E-state index in [1.165, 1.54) is 4.80 Å². The van der Waals surface area contributed by atoms with Gasteiger partial charge in [0.25, 0.3) is 0 Å². The lowest BCUT2D eigenvalue weighted by Crippen LogP contribution is -2.39. The standard InChI is InChI=1S/C19H22N6O3/c1-3-24-16-9-10-23(11-13(16)18(22-24)19(27)28-4-2)17(26)12-25-20-14-7-5-6-8-15(14)21-25/h5-8H,3-4,9-12H2,1-2H3. The van der Waals surface area contributed by atoms with Crippen molar-refractivity contribution in [1.29, 1.82) is 0 Å². The molecule has 2 aromatic heterocycles. The third-order valence-corrected chi connectivity index (χ3v) is 4.86. The van der Waals surface area contributed by atoms with Crippen molar-refractivity contribution in [2.45, 2.75) is 39.9 Å². The maximum atomic E-state index is 12.8. The minimum Gasteiger partial charge on any atom is -0.461 e. The fourth-order valence-electron chi connectivity index (χ4n) is 3.52. The highest BCUT2D eigenvalue weighted by molar-refractivity contribution is 5.89. The van der Waals surface area contributed by atoms with Crippen molar-refractivity contribution >= 4 is 22.9 Å². The molecule has 1 aliphatic heterocycles. The number of nitrogens with zero attached hydrogens (tertiary/aromatic N) is 6. The first-order valence-corrected chi connectivity index (χ1v) is 9.44. The van der Waals surface area contributed by atoms with Crippen LogP contribution in [0, 0.1) is 0 Å². The van der Waals surface area contributed by atoms with Gasteiger partial charge in [0.2, 0.25) is 5.91 Å². The Bertz CT molecular complexity index is 1000. The largest absolute Gasteiger partial charge is 0.461 e. The van der Waals surface area contributed by atoms with Crippen LogP contribution in [-0.2, 0) is 35.6 Å². The zero-order valence-corrected chi connectivity index (χ0v) is 16.0. The van der Waals surface area contributed by atoms with Crippen LogP contribution in [0.5, 0.6) is 0 Å². The van der Waals surface area contributed by atoms with Gasteiger partial charge in [0, 0.05) is 37.3 Å². The molecule has 0 bridgehead atoms. The van der Waals surface area contributed by atoms with Crippen molar-refractivity contribution in [3.8, 4) is 0 Å². The third kappa shape index (κ3) is 3.23. The summed E-state index contributed by atoms with van der Waals surface area (Å²) in [6, 6.07) is 7.50. The number of fused-ring (bicyclic) bond motifs is 2. The molecule has 146 valence electrons. The van der Waals surface area contributed by atoms with Crippen molar-refractivity contribution < 1.29 is 14.3 Å². The average molecular weight is 382 g/mol. The summed E-state index contributed by atoms with van der Waals surface area (Å²) >= 11 is 0. The van der Waals surface area contributed by atoms with E-state index in [0.29, 0.717) is 31.7 Å². The number of aromatic nitrogens is 5. The van der Waals surface area contributed by atoms with Crippen LogP contribution in [-0.4, -0.2) is 54.7 Å². The lowest BCUT2D eigenvalue weighted by molar-refractivity contribution is -0.133. The van der Waals surface area contributed by atoms with Crippen molar-refractivity contribution in [1.82, 2.24) is 29.7 Å². The Balaban J connectivity index is 1.54. The van der Waals surface area contributed by atoms with Gasteiger partial charge in [-0.15, -0.1) is 0 Å². The Kier molecular flexibility index (Phi) is 4.81. The second-order valence-corrected chi connectivity index (χ2v) is 6.59. The van der Waals surface area contributed by atoms with E-state index in [-0.39, 0.29) is 19.1 Å². The van der Waals surface area contributed by atoms with Gasteiger partial charge in [-0.2, -0.15) is 20.1 Å². The number of hydrogen-bond donors (Lipinski definition) is 0. The highest BCUT2D eigenvalue weighted by atomic mass is 16.5. The maximum Gasteiger partial charge on any atom is 0.359 e. The fourth-order valence-corrected chi connectivity index (χ4v) is 3.52. The Labute approximate surface area is 161 Å². The van der Waals surface area contributed by atoms with Crippen LogP contribution in [0.3, 0.4) is 0 Å². The summed E-state index contributed by atoms with van der Waals surface area (Å²) in [7, 11) is 0. The second-order valence-electron chi connectivity index (χ2n) is 6.59. The van der Waals surface area contributed by atoms with Crippen molar-refractivity contribution in [3.05, 3.63) is 41.2 Å².